The highest BCUT2D eigenvalue weighted by Crippen LogP contribution is 2.16. The Morgan fingerprint density at radius 3 is 2.59 bits per heavy atom. The number of methoxy groups -OCH3 is 1. The van der Waals surface area contributed by atoms with E-state index >= 15 is 0 Å². The van der Waals surface area contributed by atoms with Gasteiger partial charge in [0.15, 0.2) is 0 Å². The Bertz CT molecular complexity index is 552. The molecular formula is C16H20N2O4. The maximum atomic E-state index is 11.8. The topological polar surface area (TPSA) is 72.7 Å². The molecule has 0 aliphatic carbocycles. The Labute approximate surface area is 129 Å². The van der Waals surface area contributed by atoms with Crippen molar-refractivity contribution < 1.29 is 18.7 Å². The van der Waals surface area contributed by atoms with Crippen molar-refractivity contribution in [3.63, 3.8) is 0 Å². The number of ether oxygens (including phenoxy) is 2. The molecule has 1 amide bonds. The molecule has 0 aliphatic heterocycles. The molecule has 2 rings (SSSR count). The summed E-state index contributed by atoms with van der Waals surface area (Å²) in [5.74, 6) is 0.555. The van der Waals surface area contributed by atoms with Crippen molar-refractivity contribution >= 4 is 11.6 Å². The Morgan fingerprint density at radius 2 is 1.91 bits per heavy atom. The van der Waals surface area contributed by atoms with Crippen LogP contribution in [0.4, 0.5) is 5.69 Å². The Balaban J connectivity index is 1.72. The summed E-state index contributed by atoms with van der Waals surface area (Å²) >= 11 is 0. The van der Waals surface area contributed by atoms with Crippen LogP contribution < -0.4 is 15.4 Å². The summed E-state index contributed by atoms with van der Waals surface area (Å²) in [6.07, 6.45) is 2.87. The first kappa shape index (κ1) is 16.1. The van der Waals surface area contributed by atoms with Crippen molar-refractivity contribution in [1.82, 2.24) is 5.32 Å². The third-order valence-electron chi connectivity index (χ3n) is 2.93. The minimum absolute atomic E-state index is 0.204. The summed E-state index contributed by atoms with van der Waals surface area (Å²) in [5, 5.41) is 5.98. The van der Waals surface area contributed by atoms with E-state index in [0.29, 0.717) is 24.5 Å². The lowest BCUT2D eigenvalue weighted by Gasteiger charge is -2.08. The maximum absolute atomic E-state index is 11.8. The van der Waals surface area contributed by atoms with Gasteiger partial charge in [0.2, 0.25) is 0 Å². The molecule has 0 saturated heterocycles. The molecule has 0 unspecified atom stereocenters. The van der Waals surface area contributed by atoms with Gasteiger partial charge in [-0.1, -0.05) is 0 Å². The Morgan fingerprint density at radius 1 is 1.14 bits per heavy atom. The first-order valence-corrected chi connectivity index (χ1v) is 7.05. The van der Waals surface area contributed by atoms with Gasteiger partial charge in [-0.25, -0.2) is 0 Å². The highest BCUT2D eigenvalue weighted by Gasteiger charge is 2.06. The largest absolute Gasteiger partial charge is 0.492 e. The molecule has 0 saturated carbocycles. The van der Waals surface area contributed by atoms with Gasteiger partial charge in [-0.15, -0.1) is 0 Å². The lowest BCUT2D eigenvalue weighted by atomic mass is 10.2. The summed E-state index contributed by atoms with van der Waals surface area (Å²) in [6, 6.07) is 8.85. The van der Waals surface area contributed by atoms with Crippen molar-refractivity contribution in [2.24, 2.45) is 0 Å². The summed E-state index contributed by atoms with van der Waals surface area (Å²) in [6.45, 7) is 2.82. The lowest BCUT2D eigenvalue weighted by molar-refractivity contribution is 0.102. The number of hydrogen-bond donors (Lipinski definition) is 2. The van der Waals surface area contributed by atoms with Gasteiger partial charge < -0.3 is 24.5 Å². The minimum Gasteiger partial charge on any atom is -0.492 e. The smallest absolute Gasteiger partial charge is 0.258 e. The summed E-state index contributed by atoms with van der Waals surface area (Å²) in [4.78, 5) is 11.8. The lowest BCUT2D eigenvalue weighted by Crippen LogP contribution is -2.24. The number of rotatable bonds is 9. The van der Waals surface area contributed by atoms with Crippen molar-refractivity contribution in [3.8, 4) is 5.75 Å². The normalized spacial score (nSPS) is 10.4. The second kappa shape index (κ2) is 8.86. The van der Waals surface area contributed by atoms with Crippen LogP contribution in [0.1, 0.15) is 10.4 Å². The highest BCUT2D eigenvalue weighted by molar-refractivity contribution is 6.03. The summed E-state index contributed by atoms with van der Waals surface area (Å²) in [5.41, 5.74) is 1.19. The zero-order chi connectivity index (χ0) is 15.6. The molecule has 0 bridgehead atoms. The van der Waals surface area contributed by atoms with Gasteiger partial charge in [0.25, 0.3) is 5.91 Å². The average molecular weight is 304 g/mol. The van der Waals surface area contributed by atoms with Gasteiger partial charge in [-0.3, -0.25) is 4.79 Å². The van der Waals surface area contributed by atoms with E-state index in [1.165, 1.54) is 12.5 Å². The molecule has 1 aromatic carbocycles. The molecule has 0 fully saturated rings. The molecule has 0 spiro atoms. The zero-order valence-electron chi connectivity index (χ0n) is 12.5. The van der Waals surface area contributed by atoms with Gasteiger partial charge in [0, 0.05) is 25.9 Å². The maximum Gasteiger partial charge on any atom is 0.258 e. The molecule has 6 heteroatoms. The van der Waals surface area contributed by atoms with Crippen molar-refractivity contribution in [2.45, 2.75) is 0 Å². The predicted molar refractivity (Wildman–Crippen MR) is 83.3 cm³/mol. The zero-order valence-corrected chi connectivity index (χ0v) is 12.5. The molecule has 1 heterocycles. The van der Waals surface area contributed by atoms with E-state index in [1.807, 2.05) is 12.1 Å². The third kappa shape index (κ3) is 5.23. The van der Waals surface area contributed by atoms with Gasteiger partial charge in [0.05, 0.1) is 18.4 Å². The van der Waals surface area contributed by atoms with E-state index in [2.05, 4.69) is 10.6 Å². The number of nitrogens with one attached hydrogen (secondary N) is 2. The van der Waals surface area contributed by atoms with Gasteiger partial charge in [-0.05, 0) is 30.3 Å². The minimum atomic E-state index is -0.204. The number of hydrogen-bond acceptors (Lipinski definition) is 5. The molecule has 0 radical (unpaired) electrons. The van der Waals surface area contributed by atoms with Crippen LogP contribution in [0.3, 0.4) is 0 Å². The van der Waals surface area contributed by atoms with E-state index in [-0.39, 0.29) is 5.91 Å². The number of furan rings is 1. The molecule has 6 nitrogen and oxygen atoms in total. The second-order valence-electron chi connectivity index (χ2n) is 4.58. The third-order valence-corrected chi connectivity index (χ3v) is 2.93. The number of benzene rings is 1. The first-order valence-electron chi connectivity index (χ1n) is 7.05. The van der Waals surface area contributed by atoms with E-state index in [4.69, 9.17) is 13.9 Å². The van der Waals surface area contributed by atoms with Crippen LogP contribution in [0.15, 0.2) is 47.3 Å². The van der Waals surface area contributed by atoms with E-state index in [0.717, 1.165) is 18.8 Å². The average Bonchev–Trinajstić information content (AvgIpc) is 3.07. The van der Waals surface area contributed by atoms with Gasteiger partial charge >= 0.3 is 0 Å². The number of carbonyl (C=O) groups is 1. The second-order valence-corrected chi connectivity index (χ2v) is 4.58. The molecule has 0 aliphatic rings. The van der Waals surface area contributed by atoms with Crippen LogP contribution >= 0.6 is 0 Å². The summed E-state index contributed by atoms with van der Waals surface area (Å²) < 4.78 is 15.4. The van der Waals surface area contributed by atoms with Crippen LogP contribution in [-0.2, 0) is 4.74 Å². The predicted octanol–water partition coefficient (Wildman–Crippen LogP) is 2.15. The molecule has 0 atom stereocenters. The SMILES string of the molecule is COCCNCCOc1ccc(NC(=O)c2ccoc2)cc1. The van der Waals surface area contributed by atoms with Crippen LogP contribution in [0.25, 0.3) is 0 Å². The van der Waals surface area contributed by atoms with Crippen molar-refractivity contribution in [1.29, 1.82) is 0 Å². The molecule has 2 N–H and O–H groups in total. The van der Waals surface area contributed by atoms with E-state index < -0.39 is 0 Å². The monoisotopic (exact) mass is 304 g/mol. The van der Waals surface area contributed by atoms with Crippen molar-refractivity contribution in [3.05, 3.63) is 48.4 Å². The number of anilines is 1. The standard InChI is InChI=1S/C16H20N2O4/c1-20-10-7-17-8-11-22-15-4-2-14(3-5-15)18-16(19)13-6-9-21-12-13/h2-6,9,12,17H,7-8,10-11H2,1H3,(H,18,19). The van der Waals surface area contributed by atoms with Gasteiger partial charge in [0.1, 0.15) is 18.6 Å². The van der Waals surface area contributed by atoms with Gasteiger partial charge in [-0.2, -0.15) is 0 Å². The fourth-order valence-electron chi connectivity index (χ4n) is 1.77. The van der Waals surface area contributed by atoms with E-state index in [1.54, 1.807) is 25.3 Å². The molecular weight excluding hydrogens is 284 g/mol. The quantitative estimate of drug-likeness (QED) is 0.694. The molecule has 2 aromatic rings. The van der Waals surface area contributed by atoms with Crippen LogP contribution in [0.2, 0.25) is 0 Å². The Kier molecular flexibility index (Phi) is 6.47. The fraction of sp³-hybridized carbons (Fsp3) is 0.312. The highest BCUT2D eigenvalue weighted by atomic mass is 16.5. The molecule has 118 valence electrons. The summed E-state index contributed by atoms with van der Waals surface area (Å²) in [7, 11) is 1.67. The first-order chi connectivity index (χ1) is 10.8. The molecule has 1 aromatic heterocycles. The van der Waals surface area contributed by atoms with E-state index in [9.17, 15) is 4.79 Å². The number of carbonyl (C=O) groups excluding carboxylic acids is 1. The van der Waals surface area contributed by atoms with Crippen LogP contribution in [-0.4, -0.2) is 39.3 Å². The number of amides is 1. The molecule has 22 heavy (non-hydrogen) atoms. The fourth-order valence-corrected chi connectivity index (χ4v) is 1.77. The van der Waals surface area contributed by atoms with Crippen LogP contribution in [0.5, 0.6) is 5.75 Å². The Hall–Kier alpha value is -2.31. The van der Waals surface area contributed by atoms with Crippen molar-refractivity contribution in [2.75, 3.05) is 38.7 Å². The van der Waals surface area contributed by atoms with Crippen LogP contribution in [0, 0.1) is 0 Å².